The fourth-order valence-corrected chi connectivity index (χ4v) is 4.70. The van der Waals surface area contributed by atoms with Crippen molar-refractivity contribution in [3.05, 3.63) is 57.5 Å². The fraction of sp³-hybridized carbons (Fsp3) is 0.316. The average Bonchev–Trinajstić information content (AvgIpc) is 2.71. The first kappa shape index (κ1) is 22.0. The third-order valence-electron chi connectivity index (χ3n) is 4.41. The Morgan fingerprint density at radius 2 is 1.83 bits per heavy atom. The topological polar surface area (TPSA) is 87.7 Å². The number of morpholine rings is 1. The zero-order valence-electron chi connectivity index (χ0n) is 15.5. The van der Waals surface area contributed by atoms with Crippen LogP contribution in [0.1, 0.15) is 5.56 Å². The number of hydrogen-bond donors (Lipinski definition) is 2. The van der Waals surface area contributed by atoms with Crippen molar-refractivity contribution in [1.82, 2.24) is 9.62 Å². The molecule has 1 heterocycles. The van der Waals surface area contributed by atoms with Crippen molar-refractivity contribution in [3.8, 4) is 0 Å². The van der Waals surface area contributed by atoms with Crippen LogP contribution in [0.15, 0.2) is 51.8 Å². The maximum absolute atomic E-state index is 12.8. The highest BCUT2D eigenvalue weighted by atomic mass is 79.9. The number of nitrogens with zero attached hydrogens (tertiary/aromatic N) is 1. The van der Waals surface area contributed by atoms with Crippen LogP contribution in [0, 0.1) is 0 Å². The van der Waals surface area contributed by atoms with E-state index in [0.717, 1.165) is 10.0 Å². The summed E-state index contributed by atoms with van der Waals surface area (Å²) < 4.78 is 33.1. The summed E-state index contributed by atoms with van der Waals surface area (Å²) >= 11 is 9.53. The molecule has 10 heteroatoms. The summed E-state index contributed by atoms with van der Waals surface area (Å²) in [5, 5.41) is 5.63. The number of carbonyl (C=O) groups is 1. The van der Waals surface area contributed by atoms with Gasteiger partial charge in [0.05, 0.1) is 28.8 Å². The normalized spacial score (nSPS) is 15.1. The van der Waals surface area contributed by atoms with E-state index < -0.39 is 16.1 Å². The number of benzene rings is 2. The summed E-state index contributed by atoms with van der Waals surface area (Å²) in [7, 11) is -3.67. The van der Waals surface area contributed by atoms with Gasteiger partial charge in [-0.1, -0.05) is 39.7 Å². The van der Waals surface area contributed by atoms with Crippen molar-refractivity contribution >= 4 is 49.3 Å². The Kier molecular flexibility index (Phi) is 7.53. The molecule has 0 spiro atoms. The molecule has 1 aliphatic heterocycles. The number of ether oxygens (including phenoxy) is 1. The number of rotatable bonds is 6. The van der Waals surface area contributed by atoms with Gasteiger partial charge in [-0.2, -0.15) is 4.31 Å². The standard InChI is InChI=1S/C19H21BrClN3O4S/c20-15-3-1-14(2-4-15)7-8-22-19(25)23-18-13-16(5-6-17(18)21)29(26,27)24-9-11-28-12-10-24/h1-6,13H,7-12H2,(H2,22,23,25). The quantitative estimate of drug-likeness (QED) is 0.633. The molecule has 3 rings (SSSR count). The maximum Gasteiger partial charge on any atom is 0.319 e. The highest BCUT2D eigenvalue weighted by molar-refractivity contribution is 9.10. The first-order valence-electron chi connectivity index (χ1n) is 9.03. The largest absolute Gasteiger partial charge is 0.379 e. The van der Waals surface area contributed by atoms with Crippen LogP contribution in [-0.2, 0) is 21.2 Å². The highest BCUT2D eigenvalue weighted by Crippen LogP contribution is 2.27. The minimum absolute atomic E-state index is 0.0777. The Morgan fingerprint density at radius 1 is 1.14 bits per heavy atom. The van der Waals surface area contributed by atoms with Gasteiger partial charge in [-0.25, -0.2) is 13.2 Å². The van der Waals surface area contributed by atoms with Crippen LogP contribution < -0.4 is 10.6 Å². The summed E-state index contributed by atoms with van der Waals surface area (Å²) in [5.41, 5.74) is 1.33. The van der Waals surface area contributed by atoms with E-state index >= 15 is 0 Å². The van der Waals surface area contributed by atoms with Crippen molar-refractivity contribution in [1.29, 1.82) is 0 Å². The molecule has 7 nitrogen and oxygen atoms in total. The molecule has 2 amide bonds. The lowest BCUT2D eigenvalue weighted by Crippen LogP contribution is -2.40. The Hall–Kier alpha value is -1.65. The second kappa shape index (κ2) is 9.90. The minimum Gasteiger partial charge on any atom is -0.379 e. The van der Waals surface area contributed by atoms with Gasteiger partial charge in [0.2, 0.25) is 10.0 Å². The zero-order chi connectivity index (χ0) is 20.9. The number of anilines is 1. The highest BCUT2D eigenvalue weighted by Gasteiger charge is 2.27. The van der Waals surface area contributed by atoms with Crippen molar-refractivity contribution in [2.75, 3.05) is 38.2 Å². The number of urea groups is 1. The van der Waals surface area contributed by atoms with E-state index in [-0.39, 0.29) is 15.6 Å². The molecule has 0 aromatic heterocycles. The van der Waals surface area contributed by atoms with Gasteiger partial charge in [0.25, 0.3) is 0 Å². The monoisotopic (exact) mass is 501 g/mol. The van der Waals surface area contributed by atoms with Crippen molar-refractivity contribution in [2.24, 2.45) is 0 Å². The summed E-state index contributed by atoms with van der Waals surface area (Å²) in [6, 6.07) is 11.6. The Morgan fingerprint density at radius 3 is 2.52 bits per heavy atom. The van der Waals surface area contributed by atoms with Crippen LogP contribution in [0.2, 0.25) is 5.02 Å². The first-order chi connectivity index (χ1) is 13.9. The lowest BCUT2D eigenvalue weighted by atomic mass is 10.1. The third-order valence-corrected chi connectivity index (χ3v) is 7.16. The molecule has 0 atom stereocenters. The molecule has 2 aromatic carbocycles. The van der Waals surface area contributed by atoms with E-state index in [4.69, 9.17) is 16.3 Å². The number of nitrogens with one attached hydrogen (secondary N) is 2. The number of sulfonamides is 1. The van der Waals surface area contributed by atoms with Crippen molar-refractivity contribution in [2.45, 2.75) is 11.3 Å². The zero-order valence-corrected chi connectivity index (χ0v) is 18.7. The fourth-order valence-electron chi connectivity index (χ4n) is 2.83. The van der Waals surface area contributed by atoms with Crippen LogP contribution in [0.3, 0.4) is 0 Å². The van der Waals surface area contributed by atoms with Gasteiger partial charge < -0.3 is 15.4 Å². The molecule has 1 aliphatic rings. The van der Waals surface area contributed by atoms with Gasteiger partial charge in [-0.15, -0.1) is 0 Å². The molecule has 29 heavy (non-hydrogen) atoms. The minimum atomic E-state index is -3.67. The number of carbonyl (C=O) groups excluding carboxylic acids is 1. The summed E-state index contributed by atoms with van der Waals surface area (Å²) in [5.74, 6) is 0. The number of amides is 2. The van der Waals surface area contributed by atoms with Gasteiger partial charge in [0.1, 0.15) is 0 Å². The van der Waals surface area contributed by atoms with Crippen LogP contribution in [0.4, 0.5) is 10.5 Å². The molecule has 156 valence electrons. The molecule has 0 bridgehead atoms. The smallest absolute Gasteiger partial charge is 0.319 e. The molecule has 0 radical (unpaired) electrons. The van der Waals surface area contributed by atoms with Gasteiger partial charge in [0, 0.05) is 24.1 Å². The molecular formula is C19H21BrClN3O4S. The molecule has 1 fully saturated rings. The van der Waals surface area contributed by atoms with E-state index in [2.05, 4.69) is 26.6 Å². The SMILES string of the molecule is O=C(NCCc1ccc(Br)cc1)Nc1cc(S(=O)(=O)N2CCOCC2)ccc1Cl. The van der Waals surface area contributed by atoms with Crippen molar-refractivity contribution < 1.29 is 17.9 Å². The van der Waals surface area contributed by atoms with Gasteiger partial charge in [-0.3, -0.25) is 0 Å². The lowest BCUT2D eigenvalue weighted by Gasteiger charge is -2.26. The average molecular weight is 503 g/mol. The van der Waals surface area contributed by atoms with E-state index in [9.17, 15) is 13.2 Å². The second-order valence-electron chi connectivity index (χ2n) is 6.42. The van der Waals surface area contributed by atoms with E-state index in [1.807, 2.05) is 24.3 Å². The number of hydrogen-bond acceptors (Lipinski definition) is 4. The van der Waals surface area contributed by atoms with Gasteiger partial charge in [-0.05, 0) is 42.3 Å². The van der Waals surface area contributed by atoms with E-state index in [0.29, 0.717) is 39.3 Å². The molecule has 1 saturated heterocycles. The number of halogens is 2. The first-order valence-corrected chi connectivity index (χ1v) is 11.6. The van der Waals surface area contributed by atoms with E-state index in [1.54, 1.807) is 0 Å². The van der Waals surface area contributed by atoms with Crippen LogP contribution in [0.25, 0.3) is 0 Å². The maximum atomic E-state index is 12.8. The molecule has 0 unspecified atom stereocenters. The molecule has 0 saturated carbocycles. The predicted octanol–water partition coefficient (Wildman–Crippen LogP) is 3.49. The van der Waals surface area contributed by atoms with Crippen molar-refractivity contribution in [3.63, 3.8) is 0 Å². The molecule has 2 aromatic rings. The molecule has 2 N–H and O–H groups in total. The molecule has 0 aliphatic carbocycles. The second-order valence-corrected chi connectivity index (χ2v) is 9.68. The summed E-state index contributed by atoms with van der Waals surface area (Å²) in [4.78, 5) is 12.3. The Labute approximate surface area is 183 Å². The van der Waals surface area contributed by atoms with Crippen LogP contribution >= 0.6 is 27.5 Å². The van der Waals surface area contributed by atoms with E-state index in [1.165, 1.54) is 22.5 Å². The summed E-state index contributed by atoms with van der Waals surface area (Å²) in [6.45, 7) is 1.74. The lowest BCUT2D eigenvalue weighted by molar-refractivity contribution is 0.0730. The van der Waals surface area contributed by atoms with Crippen LogP contribution in [-0.4, -0.2) is 51.6 Å². The molecular weight excluding hydrogens is 482 g/mol. The Bertz CT molecular complexity index is 964. The summed E-state index contributed by atoms with van der Waals surface area (Å²) in [6.07, 6.45) is 0.667. The van der Waals surface area contributed by atoms with Gasteiger partial charge >= 0.3 is 6.03 Å². The predicted molar refractivity (Wildman–Crippen MR) is 116 cm³/mol. The van der Waals surface area contributed by atoms with Gasteiger partial charge in [0.15, 0.2) is 0 Å². The van der Waals surface area contributed by atoms with Crippen LogP contribution in [0.5, 0.6) is 0 Å². The Balaban J connectivity index is 1.61. The third kappa shape index (κ3) is 5.93.